The molecule has 2 aliphatic heterocycles. The molecular weight excluding hydrogens is 374 g/mol. The van der Waals surface area contributed by atoms with Gasteiger partial charge in [0.25, 0.3) is 0 Å². The second kappa shape index (κ2) is 9.58. The molecule has 1 unspecified atom stereocenters. The van der Waals surface area contributed by atoms with Crippen LogP contribution in [0.25, 0.3) is 0 Å². The molecule has 1 atom stereocenters. The first kappa shape index (κ1) is 20.8. The number of para-hydroxylation sites is 1. The molecule has 0 spiro atoms. The van der Waals surface area contributed by atoms with Crippen molar-refractivity contribution in [3.05, 3.63) is 48.2 Å². The van der Waals surface area contributed by atoms with E-state index in [-0.39, 0.29) is 5.91 Å². The molecule has 0 radical (unpaired) electrons. The molecule has 1 N–H and O–H groups in total. The Morgan fingerprint density at radius 1 is 1.17 bits per heavy atom. The van der Waals surface area contributed by atoms with Gasteiger partial charge in [0.1, 0.15) is 0 Å². The summed E-state index contributed by atoms with van der Waals surface area (Å²) in [5.41, 5.74) is 2.95. The Hall–Kier alpha value is -2.44. The lowest BCUT2D eigenvalue weighted by Crippen LogP contribution is -2.50. The van der Waals surface area contributed by atoms with Gasteiger partial charge in [0.05, 0.1) is 17.9 Å². The van der Waals surface area contributed by atoms with Crippen LogP contribution in [0.1, 0.15) is 38.7 Å². The summed E-state index contributed by atoms with van der Waals surface area (Å²) < 4.78 is 0. The molecule has 6 nitrogen and oxygen atoms in total. The fourth-order valence-corrected chi connectivity index (χ4v) is 4.65. The number of piperidine rings is 1. The first-order valence-electron chi connectivity index (χ1n) is 11.3. The van der Waals surface area contributed by atoms with E-state index in [2.05, 4.69) is 40.0 Å². The molecule has 4 rings (SSSR count). The standard InChI is InChI=1S/C24H33N5O/c1-3-27(4-2)17-20-11-7-8-15-28(20)18-23(30)29-22-13-6-5-10-19(22)16-26-21-12-9-14-25-24(21)29/h5-6,9-10,12-14,20,26H,3-4,7-8,11,15-18H2,1-2H3. The maximum Gasteiger partial charge on any atom is 0.246 e. The number of benzene rings is 1. The Morgan fingerprint density at radius 3 is 2.83 bits per heavy atom. The van der Waals surface area contributed by atoms with Crippen molar-refractivity contribution in [2.24, 2.45) is 0 Å². The van der Waals surface area contributed by atoms with Crippen LogP contribution in [0.15, 0.2) is 42.6 Å². The van der Waals surface area contributed by atoms with Crippen LogP contribution in [0.3, 0.4) is 0 Å². The van der Waals surface area contributed by atoms with Crippen molar-refractivity contribution >= 4 is 23.1 Å². The number of carbonyl (C=O) groups is 1. The molecule has 0 bridgehead atoms. The van der Waals surface area contributed by atoms with E-state index in [0.717, 1.165) is 56.0 Å². The largest absolute Gasteiger partial charge is 0.378 e. The molecule has 1 amide bonds. The van der Waals surface area contributed by atoms with Crippen molar-refractivity contribution < 1.29 is 4.79 Å². The topological polar surface area (TPSA) is 51.7 Å². The molecule has 0 aliphatic carbocycles. The van der Waals surface area contributed by atoms with E-state index < -0.39 is 0 Å². The van der Waals surface area contributed by atoms with Gasteiger partial charge in [-0.1, -0.05) is 38.5 Å². The van der Waals surface area contributed by atoms with Gasteiger partial charge in [-0.2, -0.15) is 0 Å². The number of nitrogens with one attached hydrogen (secondary N) is 1. The van der Waals surface area contributed by atoms with Gasteiger partial charge >= 0.3 is 0 Å². The zero-order valence-electron chi connectivity index (χ0n) is 18.2. The summed E-state index contributed by atoms with van der Waals surface area (Å²) in [4.78, 5) is 25.0. The van der Waals surface area contributed by atoms with Crippen LogP contribution in [-0.4, -0.2) is 59.5 Å². The number of likely N-dealkylation sites (N-methyl/N-ethyl adjacent to an activating group) is 1. The van der Waals surface area contributed by atoms with Crippen molar-refractivity contribution in [3.8, 4) is 0 Å². The Balaban J connectivity index is 1.61. The third kappa shape index (κ3) is 4.35. The third-order valence-corrected chi connectivity index (χ3v) is 6.40. The highest BCUT2D eigenvalue weighted by molar-refractivity contribution is 6.04. The van der Waals surface area contributed by atoms with Crippen LogP contribution in [-0.2, 0) is 11.3 Å². The lowest BCUT2D eigenvalue weighted by atomic mass is 10.0. The Labute approximate surface area is 179 Å². The number of pyridine rings is 1. The molecule has 6 heteroatoms. The van der Waals surface area contributed by atoms with Crippen molar-refractivity contribution in [2.75, 3.05) is 42.9 Å². The normalized spacial score (nSPS) is 19.0. The fourth-order valence-electron chi connectivity index (χ4n) is 4.65. The fraction of sp³-hybridized carbons (Fsp3) is 0.500. The Kier molecular flexibility index (Phi) is 6.65. The van der Waals surface area contributed by atoms with Gasteiger partial charge in [0.2, 0.25) is 5.91 Å². The molecule has 2 aliphatic rings. The smallest absolute Gasteiger partial charge is 0.246 e. The molecule has 30 heavy (non-hydrogen) atoms. The number of fused-ring (bicyclic) bond motifs is 2. The zero-order chi connectivity index (χ0) is 20.9. The molecule has 1 aromatic carbocycles. The third-order valence-electron chi connectivity index (χ3n) is 6.40. The lowest BCUT2D eigenvalue weighted by Gasteiger charge is -2.38. The highest BCUT2D eigenvalue weighted by atomic mass is 16.2. The van der Waals surface area contributed by atoms with Crippen molar-refractivity contribution in [3.63, 3.8) is 0 Å². The molecule has 160 valence electrons. The minimum absolute atomic E-state index is 0.0950. The molecule has 1 fully saturated rings. The van der Waals surface area contributed by atoms with E-state index in [1.165, 1.54) is 6.42 Å². The second-order valence-electron chi connectivity index (χ2n) is 8.19. The first-order valence-corrected chi connectivity index (χ1v) is 11.3. The highest BCUT2D eigenvalue weighted by Crippen LogP contribution is 2.36. The van der Waals surface area contributed by atoms with Crippen LogP contribution < -0.4 is 10.2 Å². The van der Waals surface area contributed by atoms with Gasteiger partial charge in [-0.25, -0.2) is 4.98 Å². The van der Waals surface area contributed by atoms with Crippen LogP contribution >= 0.6 is 0 Å². The van der Waals surface area contributed by atoms with Gasteiger partial charge in [0.15, 0.2) is 5.82 Å². The van der Waals surface area contributed by atoms with Gasteiger partial charge < -0.3 is 10.2 Å². The number of carbonyl (C=O) groups excluding carboxylic acids is 1. The number of hydrogen-bond acceptors (Lipinski definition) is 5. The molecule has 3 heterocycles. The quantitative estimate of drug-likeness (QED) is 0.788. The summed E-state index contributed by atoms with van der Waals surface area (Å²) in [5, 5.41) is 3.44. The summed E-state index contributed by atoms with van der Waals surface area (Å²) in [7, 11) is 0. The van der Waals surface area contributed by atoms with E-state index in [0.29, 0.717) is 24.9 Å². The highest BCUT2D eigenvalue weighted by Gasteiger charge is 2.31. The minimum atomic E-state index is 0.0950. The van der Waals surface area contributed by atoms with Crippen LogP contribution in [0, 0.1) is 0 Å². The SMILES string of the molecule is CCN(CC)CC1CCCCN1CC(=O)N1c2ccccc2CNc2cccnc21. The van der Waals surface area contributed by atoms with E-state index in [9.17, 15) is 4.79 Å². The summed E-state index contributed by atoms with van der Waals surface area (Å²) in [6.45, 7) is 9.67. The van der Waals surface area contributed by atoms with Gasteiger partial charge in [-0.15, -0.1) is 0 Å². The van der Waals surface area contributed by atoms with E-state index in [4.69, 9.17) is 0 Å². The Bertz CT molecular complexity index is 819. The molecule has 0 saturated carbocycles. The van der Waals surface area contributed by atoms with Crippen LogP contribution in [0.5, 0.6) is 0 Å². The van der Waals surface area contributed by atoms with Gasteiger partial charge in [-0.05, 0) is 56.2 Å². The summed E-state index contributed by atoms with van der Waals surface area (Å²) in [6, 6.07) is 12.5. The maximum absolute atomic E-state index is 13.7. The van der Waals surface area contributed by atoms with E-state index >= 15 is 0 Å². The predicted molar refractivity (Wildman–Crippen MR) is 122 cm³/mol. The van der Waals surface area contributed by atoms with Crippen molar-refractivity contribution in [2.45, 2.75) is 45.7 Å². The summed E-state index contributed by atoms with van der Waals surface area (Å²) in [5.74, 6) is 0.794. The number of hydrogen-bond donors (Lipinski definition) is 1. The van der Waals surface area contributed by atoms with Crippen LogP contribution in [0.2, 0.25) is 0 Å². The van der Waals surface area contributed by atoms with Crippen LogP contribution in [0.4, 0.5) is 17.2 Å². The lowest BCUT2D eigenvalue weighted by molar-refractivity contribution is -0.120. The van der Waals surface area contributed by atoms with Gasteiger partial charge in [-0.3, -0.25) is 14.6 Å². The molecule has 1 saturated heterocycles. The van der Waals surface area contributed by atoms with Crippen molar-refractivity contribution in [1.82, 2.24) is 14.8 Å². The minimum Gasteiger partial charge on any atom is -0.378 e. The zero-order valence-corrected chi connectivity index (χ0v) is 18.2. The predicted octanol–water partition coefficient (Wildman–Crippen LogP) is 3.87. The monoisotopic (exact) mass is 407 g/mol. The Morgan fingerprint density at radius 2 is 2.00 bits per heavy atom. The summed E-state index contributed by atoms with van der Waals surface area (Å²) >= 11 is 0. The average Bonchev–Trinajstić information content (AvgIpc) is 2.95. The van der Waals surface area contributed by atoms with Crippen molar-refractivity contribution in [1.29, 1.82) is 0 Å². The number of likely N-dealkylation sites (tertiary alicyclic amines) is 1. The maximum atomic E-state index is 13.7. The number of aromatic nitrogens is 1. The molecule has 1 aromatic heterocycles. The average molecular weight is 408 g/mol. The molecule has 2 aromatic rings. The number of amides is 1. The number of nitrogens with zero attached hydrogens (tertiary/aromatic N) is 4. The number of rotatable bonds is 6. The van der Waals surface area contributed by atoms with E-state index in [1.807, 2.05) is 35.2 Å². The number of anilines is 3. The molecular formula is C24H33N5O. The second-order valence-corrected chi connectivity index (χ2v) is 8.19. The summed E-state index contributed by atoms with van der Waals surface area (Å²) in [6.07, 6.45) is 5.34. The van der Waals surface area contributed by atoms with Gasteiger partial charge in [0, 0.05) is 25.3 Å². The van der Waals surface area contributed by atoms with E-state index in [1.54, 1.807) is 6.20 Å². The first-order chi connectivity index (χ1) is 14.7.